The molecule has 1 saturated heterocycles. The molecule has 19 heavy (non-hydrogen) atoms. The maximum atomic E-state index is 12.2. The number of nitrogens with zero attached hydrogens (tertiary/aromatic N) is 2. The van der Waals surface area contributed by atoms with Gasteiger partial charge in [-0.15, -0.1) is 0 Å². The van der Waals surface area contributed by atoms with Crippen LogP contribution in [-0.2, 0) is 14.6 Å². The van der Waals surface area contributed by atoms with Gasteiger partial charge in [0.2, 0.25) is 0 Å². The van der Waals surface area contributed by atoms with E-state index in [4.69, 9.17) is 5.11 Å². The van der Waals surface area contributed by atoms with E-state index in [1.807, 2.05) is 0 Å². The molecule has 1 unspecified atom stereocenters. The van der Waals surface area contributed by atoms with E-state index in [2.05, 4.69) is 0 Å². The first-order chi connectivity index (χ1) is 8.80. The minimum absolute atomic E-state index is 0.0132. The molecule has 1 heterocycles. The Kier molecular flexibility index (Phi) is 5.16. The lowest BCUT2D eigenvalue weighted by atomic mass is 10.2. The van der Waals surface area contributed by atoms with Crippen LogP contribution in [-0.4, -0.2) is 72.5 Å². The number of carboxylic acids is 1. The van der Waals surface area contributed by atoms with Gasteiger partial charge in [0.05, 0.1) is 11.5 Å². The average Bonchev–Trinajstić information content (AvgIpc) is 2.67. The molecule has 8 heteroatoms. The maximum Gasteiger partial charge on any atom is 0.323 e. The normalized spacial score (nSPS) is 21.1. The van der Waals surface area contributed by atoms with Crippen LogP contribution in [0.25, 0.3) is 0 Å². The van der Waals surface area contributed by atoms with Crippen molar-refractivity contribution in [2.45, 2.75) is 26.3 Å². The number of hydrogen-bond acceptors (Lipinski definition) is 4. The fourth-order valence-corrected chi connectivity index (χ4v) is 3.93. The van der Waals surface area contributed by atoms with Crippen molar-refractivity contribution in [1.82, 2.24) is 9.80 Å². The summed E-state index contributed by atoms with van der Waals surface area (Å²) >= 11 is 0. The summed E-state index contributed by atoms with van der Waals surface area (Å²) < 4.78 is 22.9. The summed E-state index contributed by atoms with van der Waals surface area (Å²) in [7, 11) is -3.15. The van der Waals surface area contributed by atoms with Gasteiger partial charge in [-0.05, 0) is 20.3 Å². The van der Waals surface area contributed by atoms with Crippen LogP contribution in [0, 0.1) is 0 Å². The van der Waals surface area contributed by atoms with Crippen molar-refractivity contribution in [3.8, 4) is 0 Å². The van der Waals surface area contributed by atoms with E-state index in [0.717, 1.165) is 0 Å². The van der Waals surface area contributed by atoms with Crippen LogP contribution in [0.15, 0.2) is 0 Å². The molecule has 0 aromatic carbocycles. The van der Waals surface area contributed by atoms with Crippen LogP contribution < -0.4 is 0 Å². The first-order valence-corrected chi connectivity index (χ1v) is 8.10. The standard InChI is InChI=1S/C11H20N2O5S/c1-3-12(4-2)11(16)13(7-10(14)15)9-5-6-19(17,18)8-9/h9H,3-8H2,1-2H3,(H,14,15). The van der Waals surface area contributed by atoms with Crippen LogP contribution in [0.3, 0.4) is 0 Å². The predicted octanol–water partition coefficient (Wildman–Crippen LogP) is 0.0219. The molecule has 2 amide bonds. The third-order valence-electron chi connectivity index (χ3n) is 3.23. The van der Waals surface area contributed by atoms with Gasteiger partial charge in [0.25, 0.3) is 0 Å². The molecule has 1 aliphatic rings. The highest BCUT2D eigenvalue weighted by molar-refractivity contribution is 7.91. The largest absolute Gasteiger partial charge is 0.480 e. The first kappa shape index (κ1) is 15.7. The Morgan fingerprint density at radius 1 is 1.26 bits per heavy atom. The van der Waals surface area contributed by atoms with Crippen molar-refractivity contribution in [3.63, 3.8) is 0 Å². The second-order valence-corrected chi connectivity index (χ2v) is 6.76. The molecule has 0 aromatic heterocycles. The molecule has 0 radical (unpaired) electrons. The van der Waals surface area contributed by atoms with E-state index in [-0.39, 0.29) is 11.5 Å². The fourth-order valence-electron chi connectivity index (χ4n) is 2.20. The lowest BCUT2D eigenvalue weighted by molar-refractivity contribution is -0.138. The SMILES string of the molecule is CCN(CC)C(=O)N(CC(=O)O)C1CCS(=O)(=O)C1. The molecule has 1 rings (SSSR count). The molecule has 0 saturated carbocycles. The van der Waals surface area contributed by atoms with E-state index in [1.165, 1.54) is 9.80 Å². The summed E-state index contributed by atoms with van der Waals surface area (Å²) in [5.41, 5.74) is 0. The highest BCUT2D eigenvalue weighted by atomic mass is 32.2. The Balaban J connectivity index is 2.89. The zero-order valence-electron chi connectivity index (χ0n) is 11.2. The van der Waals surface area contributed by atoms with Crippen molar-refractivity contribution in [3.05, 3.63) is 0 Å². The number of amides is 2. The number of rotatable bonds is 5. The van der Waals surface area contributed by atoms with Crippen LogP contribution in [0.5, 0.6) is 0 Å². The minimum Gasteiger partial charge on any atom is -0.480 e. The molecular formula is C11H20N2O5S. The third-order valence-corrected chi connectivity index (χ3v) is 4.98. The minimum atomic E-state index is -3.15. The van der Waals surface area contributed by atoms with Crippen molar-refractivity contribution < 1.29 is 23.1 Å². The summed E-state index contributed by atoms with van der Waals surface area (Å²) in [6.45, 7) is 4.06. The van der Waals surface area contributed by atoms with Gasteiger partial charge in [0.1, 0.15) is 6.54 Å². The second-order valence-electron chi connectivity index (χ2n) is 4.53. The first-order valence-electron chi connectivity index (χ1n) is 6.28. The molecule has 7 nitrogen and oxygen atoms in total. The number of carbonyl (C=O) groups is 2. The van der Waals surface area contributed by atoms with Gasteiger partial charge in [0, 0.05) is 19.1 Å². The summed E-state index contributed by atoms with van der Waals surface area (Å²) in [6, 6.07) is -0.941. The Labute approximate surface area is 113 Å². The summed E-state index contributed by atoms with van der Waals surface area (Å²) in [5.74, 6) is -1.27. The van der Waals surface area contributed by atoms with E-state index in [1.54, 1.807) is 13.8 Å². The smallest absolute Gasteiger partial charge is 0.323 e. The molecule has 1 N–H and O–H groups in total. The number of sulfone groups is 1. The quantitative estimate of drug-likeness (QED) is 0.771. The number of hydrogen-bond donors (Lipinski definition) is 1. The molecule has 0 spiro atoms. The van der Waals surface area contributed by atoms with Gasteiger partial charge in [-0.2, -0.15) is 0 Å². The van der Waals surface area contributed by atoms with Crippen LogP contribution in [0.4, 0.5) is 4.79 Å². The molecule has 110 valence electrons. The zero-order chi connectivity index (χ0) is 14.6. The van der Waals surface area contributed by atoms with Gasteiger partial charge in [-0.25, -0.2) is 13.2 Å². The third kappa shape index (κ3) is 4.09. The van der Waals surface area contributed by atoms with Crippen molar-refractivity contribution in [2.24, 2.45) is 0 Å². The molecule has 0 aliphatic carbocycles. The average molecular weight is 292 g/mol. The second kappa shape index (κ2) is 6.23. The number of carbonyl (C=O) groups excluding carboxylic acids is 1. The predicted molar refractivity (Wildman–Crippen MR) is 69.7 cm³/mol. The van der Waals surface area contributed by atoms with Gasteiger partial charge < -0.3 is 14.9 Å². The molecule has 1 aliphatic heterocycles. The van der Waals surface area contributed by atoms with Gasteiger partial charge in [-0.3, -0.25) is 4.79 Å². The van der Waals surface area contributed by atoms with Crippen LogP contribution >= 0.6 is 0 Å². The Morgan fingerprint density at radius 3 is 2.21 bits per heavy atom. The number of urea groups is 1. The molecule has 1 fully saturated rings. The lowest BCUT2D eigenvalue weighted by Crippen LogP contribution is -2.50. The monoisotopic (exact) mass is 292 g/mol. The van der Waals surface area contributed by atoms with E-state index >= 15 is 0 Å². The van der Waals surface area contributed by atoms with Gasteiger partial charge in [-0.1, -0.05) is 0 Å². The highest BCUT2D eigenvalue weighted by Gasteiger charge is 2.36. The zero-order valence-corrected chi connectivity index (χ0v) is 12.0. The molecular weight excluding hydrogens is 272 g/mol. The number of carboxylic acid groups (broad SMARTS) is 1. The Morgan fingerprint density at radius 2 is 1.84 bits per heavy atom. The topological polar surface area (TPSA) is 95.0 Å². The van der Waals surface area contributed by atoms with E-state index < -0.39 is 34.4 Å². The van der Waals surface area contributed by atoms with Crippen molar-refractivity contribution in [2.75, 3.05) is 31.1 Å². The Bertz CT molecular complexity index is 444. The van der Waals surface area contributed by atoms with Gasteiger partial charge >= 0.3 is 12.0 Å². The summed E-state index contributed by atoms with van der Waals surface area (Å²) in [4.78, 5) is 25.8. The van der Waals surface area contributed by atoms with Crippen LogP contribution in [0.1, 0.15) is 20.3 Å². The lowest BCUT2D eigenvalue weighted by Gasteiger charge is -2.32. The highest BCUT2D eigenvalue weighted by Crippen LogP contribution is 2.19. The number of aliphatic carboxylic acids is 1. The maximum absolute atomic E-state index is 12.2. The van der Waals surface area contributed by atoms with Gasteiger partial charge in [0.15, 0.2) is 9.84 Å². The van der Waals surface area contributed by atoms with E-state index in [9.17, 15) is 18.0 Å². The molecule has 1 atom stereocenters. The Hall–Kier alpha value is -1.31. The van der Waals surface area contributed by atoms with Crippen molar-refractivity contribution in [1.29, 1.82) is 0 Å². The molecule has 0 aromatic rings. The molecule has 0 bridgehead atoms. The summed E-state index contributed by atoms with van der Waals surface area (Å²) in [6.07, 6.45) is 0.308. The van der Waals surface area contributed by atoms with Crippen LogP contribution in [0.2, 0.25) is 0 Å². The fraction of sp³-hybridized carbons (Fsp3) is 0.818. The van der Waals surface area contributed by atoms with E-state index in [0.29, 0.717) is 19.5 Å². The summed E-state index contributed by atoms with van der Waals surface area (Å²) in [5, 5.41) is 8.89. The van der Waals surface area contributed by atoms with Crippen molar-refractivity contribution >= 4 is 21.8 Å².